The summed E-state index contributed by atoms with van der Waals surface area (Å²) in [5.74, 6) is 1.82. The Bertz CT molecular complexity index is 411. The molecule has 1 aliphatic heterocycles. The molecule has 3 N–H and O–H groups in total. The second-order valence-electron chi connectivity index (χ2n) is 5.76. The van der Waals surface area contributed by atoms with E-state index in [9.17, 15) is 0 Å². The van der Waals surface area contributed by atoms with Gasteiger partial charge in [-0.05, 0) is 20.9 Å². The van der Waals surface area contributed by atoms with Gasteiger partial charge in [0.25, 0.3) is 0 Å². The van der Waals surface area contributed by atoms with Gasteiger partial charge in [0, 0.05) is 44.3 Å². The van der Waals surface area contributed by atoms with Gasteiger partial charge in [0.2, 0.25) is 0 Å². The van der Waals surface area contributed by atoms with Crippen LogP contribution in [0.4, 0.5) is 11.6 Å². The number of nitrogens with two attached hydrogens (primary N) is 1. The topological polar surface area (TPSA) is 70.3 Å². The maximum atomic E-state index is 5.73. The molecule has 6 nitrogen and oxygen atoms in total. The fourth-order valence-corrected chi connectivity index (χ4v) is 2.02. The Balaban J connectivity index is 2.07. The van der Waals surface area contributed by atoms with Crippen molar-refractivity contribution in [3.8, 4) is 0 Å². The largest absolute Gasteiger partial charge is 0.364 e. The SMILES string of the molecule is CN1CCN(c2cc(NC(C)(C)CN)ncn2)CC1. The van der Waals surface area contributed by atoms with Crippen molar-refractivity contribution in [2.24, 2.45) is 5.73 Å². The third-order valence-corrected chi connectivity index (χ3v) is 3.46. The molecule has 1 aliphatic rings. The van der Waals surface area contributed by atoms with Gasteiger partial charge in [-0.3, -0.25) is 0 Å². The van der Waals surface area contributed by atoms with Crippen LogP contribution in [-0.2, 0) is 0 Å². The van der Waals surface area contributed by atoms with Crippen LogP contribution in [0.5, 0.6) is 0 Å². The molecule has 0 unspecified atom stereocenters. The summed E-state index contributed by atoms with van der Waals surface area (Å²) in [4.78, 5) is 13.3. The average Bonchev–Trinajstić information content (AvgIpc) is 2.39. The van der Waals surface area contributed by atoms with Gasteiger partial charge in [0.1, 0.15) is 18.0 Å². The van der Waals surface area contributed by atoms with Gasteiger partial charge in [-0.1, -0.05) is 0 Å². The van der Waals surface area contributed by atoms with E-state index < -0.39 is 0 Å². The third kappa shape index (κ3) is 3.78. The number of nitrogens with zero attached hydrogens (tertiary/aromatic N) is 4. The molecule has 2 heterocycles. The van der Waals surface area contributed by atoms with E-state index in [2.05, 4.69) is 46.0 Å². The molecule has 0 atom stereocenters. The molecule has 0 radical (unpaired) electrons. The van der Waals surface area contributed by atoms with Crippen molar-refractivity contribution in [2.45, 2.75) is 19.4 Å². The molecule has 1 saturated heterocycles. The lowest BCUT2D eigenvalue weighted by Crippen LogP contribution is -2.45. The predicted octanol–water partition coefficient (Wildman–Crippen LogP) is 0.378. The van der Waals surface area contributed by atoms with Crippen molar-refractivity contribution in [1.82, 2.24) is 14.9 Å². The first-order valence-corrected chi connectivity index (χ1v) is 6.74. The van der Waals surface area contributed by atoms with Gasteiger partial charge in [0.05, 0.1) is 0 Å². The summed E-state index contributed by atoms with van der Waals surface area (Å²) in [6.45, 7) is 8.83. The van der Waals surface area contributed by atoms with Crippen LogP contribution in [0.2, 0.25) is 0 Å². The monoisotopic (exact) mass is 264 g/mol. The fourth-order valence-electron chi connectivity index (χ4n) is 2.02. The van der Waals surface area contributed by atoms with E-state index >= 15 is 0 Å². The Hall–Kier alpha value is -1.40. The Kier molecular flexibility index (Phi) is 4.21. The molecule has 6 heteroatoms. The van der Waals surface area contributed by atoms with Crippen LogP contribution in [-0.4, -0.2) is 60.2 Å². The van der Waals surface area contributed by atoms with Gasteiger partial charge in [0.15, 0.2) is 0 Å². The van der Waals surface area contributed by atoms with E-state index in [1.807, 2.05) is 6.07 Å². The predicted molar refractivity (Wildman–Crippen MR) is 78.5 cm³/mol. The number of aromatic nitrogens is 2. The molecule has 1 aromatic rings. The van der Waals surface area contributed by atoms with Crippen molar-refractivity contribution in [3.63, 3.8) is 0 Å². The van der Waals surface area contributed by atoms with Crippen molar-refractivity contribution in [3.05, 3.63) is 12.4 Å². The summed E-state index contributed by atoms with van der Waals surface area (Å²) in [5, 5.41) is 3.34. The van der Waals surface area contributed by atoms with Crippen LogP contribution in [0.15, 0.2) is 12.4 Å². The summed E-state index contributed by atoms with van der Waals surface area (Å²) in [6.07, 6.45) is 1.61. The third-order valence-electron chi connectivity index (χ3n) is 3.46. The number of nitrogens with one attached hydrogen (secondary N) is 1. The van der Waals surface area contributed by atoms with Crippen molar-refractivity contribution < 1.29 is 0 Å². The van der Waals surface area contributed by atoms with Crippen molar-refractivity contribution in [1.29, 1.82) is 0 Å². The van der Waals surface area contributed by atoms with E-state index in [1.54, 1.807) is 6.33 Å². The molecule has 0 spiro atoms. The zero-order valence-electron chi connectivity index (χ0n) is 12.1. The van der Waals surface area contributed by atoms with Crippen LogP contribution < -0.4 is 16.0 Å². The van der Waals surface area contributed by atoms with Gasteiger partial charge in [-0.15, -0.1) is 0 Å². The highest BCUT2D eigenvalue weighted by atomic mass is 15.3. The van der Waals surface area contributed by atoms with Crippen molar-refractivity contribution in [2.75, 3.05) is 50.0 Å². The number of hydrogen-bond donors (Lipinski definition) is 2. The molecular formula is C13H24N6. The Labute approximate surface area is 115 Å². The second kappa shape index (κ2) is 5.71. The smallest absolute Gasteiger partial charge is 0.134 e. The Morgan fingerprint density at radius 3 is 2.58 bits per heavy atom. The van der Waals surface area contributed by atoms with Crippen LogP contribution in [0.1, 0.15) is 13.8 Å². The average molecular weight is 264 g/mol. The summed E-state index contributed by atoms with van der Waals surface area (Å²) >= 11 is 0. The molecule has 0 amide bonds. The van der Waals surface area contributed by atoms with E-state index in [-0.39, 0.29) is 5.54 Å². The van der Waals surface area contributed by atoms with Gasteiger partial charge < -0.3 is 20.9 Å². The normalized spacial score (nSPS) is 17.6. The van der Waals surface area contributed by atoms with Crippen LogP contribution in [0.25, 0.3) is 0 Å². The number of rotatable bonds is 4. The molecule has 1 aromatic heterocycles. The number of likely N-dealkylation sites (N-methyl/N-ethyl adjacent to an activating group) is 1. The first-order chi connectivity index (χ1) is 9.00. The van der Waals surface area contributed by atoms with Crippen LogP contribution in [0.3, 0.4) is 0 Å². The highest BCUT2D eigenvalue weighted by Crippen LogP contribution is 2.18. The van der Waals surface area contributed by atoms with E-state index in [0.29, 0.717) is 6.54 Å². The second-order valence-corrected chi connectivity index (χ2v) is 5.76. The van der Waals surface area contributed by atoms with E-state index in [1.165, 1.54) is 0 Å². The first-order valence-electron chi connectivity index (χ1n) is 6.74. The first kappa shape index (κ1) is 14.0. The lowest BCUT2D eigenvalue weighted by Gasteiger charge is -2.33. The molecule has 0 aromatic carbocycles. The molecule has 0 saturated carbocycles. The Morgan fingerprint density at radius 2 is 1.95 bits per heavy atom. The summed E-state index contributed by atoms with van der Waals surface area (Å²) in [7, 11) is 2.15. The zero-order valence-corrected chi connectivity index (χ0v) is 12.1. The molecule has 1 fully saturated rings. The van der Waals surface area contributed by atoms with Gasteiger partial charge in [-0.25, -0.2) is 9.97 Å². The molecule has 106 valence electrons. The molecule has 0 bridgehead atoms. The zero-order chi connectivity index (χ0) is 13.9. The minimum atomic E-state index is -0.159. The minimum absolute atomic E-state index is 0.159. The highest BCUT2D eigenvalue weighted by molar-refractivity contribution is 5.49. The minimum Gasteiger partial charge on any atom is -0.364 e. The van der Waals surface area contributed by atoms with Crippen molar-refractivity contribution >= 4 is 11.6 Å². The standard InChI is InChI=1S/C13H24N6/c1-13(2,9-14)17-11-8-12(16-10-15-11)19-6-4-18(3)5-7-19/h8,10H,4-7,9,14H2,1-3H3,(H,15,16,17). The highest BCUT2D eigenvalue weighted by Gasteiger charge is 2.18. The maximum Gasteiger partial charge on any atom is 0.134 e. The summed E-state index contributed by atoms with van der Waals surface area (Å²) in [6, 6.07) is 2.00. The van der Waals surface area contributed by atoms with E-state index in [4.69, 9.17) is 5.73 Å². The van der Waals surface area contributed by atoms with Crippen LogP contribution in [0, 0.1) is 0 Å². The van der Waals surface area contributed by atoms with E-state index in [0.717, 1.165) is 37.8 Å². The lowest BCUT2D eigenvalue weighted by molar-refractivity contribution is 0.312. The number of piperazine rings is 1. The molecule has 19 heavy (non-hydrogen) atoms. The number of hydrogen-bond acceptors (Lipinski definition) is 6. The molecular weight excluding hydrogens is 240 g/mol. The Morgan fingerprint density at radius 1 is 1.26 bits per heavy atom. The lowest BCUT2D eigenvalue weighted by atomic mass is 10.1. The van der Waals surface area contributed by atoms with Gasteiger partial charge in [-0.2, -0.15) is 0 Å². The molecule has 0 aliphatic carbocycles. The summed E-state index contributed by atoms with van der Waals surface area (Å²) < 4.78 is 0. The molecule has 2 rings (SSSR count). The van der Waals surface area contributed by atoms with Crippen LogP contribution >= 0.6 is 0 Å². The quantitative estimate of drug-likeness (QED) is 0.819. The summed E-state index contributed by atoms with van der Waals surface area (Å²) in [5.41, 5.74) is 5.57. The maximum absolute atomic E-state index is 5.73. The van der Waals surface area contributed by atoms with Gasteiger partial charge >= 0.3 is 0 Å². The number of anilines is 2. The fraction of sp³-hybridized carbons (Fsp3) is 0.692.